The summed E-state index contributed by atoms with van der Waals surface area (Å²) in [6.45, 7) is -0.470. The zero-order valence-corrected chi connectivity index (χ0v) is 7.96. The Kier molecular flexibility index (Phi) is 2.68. The molecule has 0 saturated heterocycles. The minimum Gasteiger partial charge on any atom is -0.394 e. The molecule has 0 fully saturated rings. The van der Waals surface area contributed by atoms with E-state index in [9.17, 15) is 10.2 Å². The fraction of sp³-hybridized carbons (Fsp3) is 0.300. The molecule has 15 heavy (non-hydrogen) atoms. The molecule has 1 aromatic heterocycles. The summed E-state index contributed by atoms with van der Waals surface area (Å²) in [6.07, 6.45) is -0.684. The zero-order chi connectivity index (χ0) is 10.8. The lowest BCUT2D eigenvalue weighted by Gasteiger charge is -2.15. The molecular weight excluding hydrogens is 196 g/mol. The van der Waals surface area contributed by atoms with Gasteiger partial charge >= 0.3 is 0 Å². The summed E-state index contributed by atoms with van der Waals surface area (Å²) < 4.78 is 0. The van der Waals surface area contributed by atoms with Crippen LogP contribution in [0.5, 0.6) is 0 Å². The van der Waals surface area contributed by atoms with E-state index in [1.165, 1.54) is 0 Å². The third-order valence-electron chi connectivity index (χ3n) is 2.34. The van der Waals surface area contributed by atoms with Gasteiger partial charge in [0.15, 0.2) is 0 Å². The number of hydrogen-bond acceptors (Lipinski definition) is 4. The van der Waals surface area contributed by atoms with Gasteiger partial charge in [0, 0.05) is 0 Å². The van der Waals surface area contributed by atoms with E-state index < -0.39 is 18.8 Å². The number of aliphatic hydroxyl groups excluding tert-OH is 3. The fourth-order valence-electron chi connectivity index (χ4n) is 1.46. The first kappa shape index (κ1) is 10.1. The molecule has 0 saturated carbocycles. The maximum absolute atomic E-state index is 9.64. The van der Waals surface area contributed by atoms with Crippen LogP contribution in [0.4, 0.5) is 0 Å². The Labute approximate surface area is 86.0 Å². The molecule has 2 aromatic rings. The molecule has 0 bridgehead atoms. The van der Waals surface area contributed by atoms with Crippen molar-refractivity contribution in [1.82, 2.24) is 9.97 Å². The number of fused-ring (bicyclic) bond motifs is 1. The van der Waals surface area contributed by atoms with E-state index in [0.717, 1.165) is 11.0 Å². The molecule has 0 aliphatic heterocycles. The molecule has 5 heteroatoms. The van der Waals surface area contributed by atoms with Gasteiger partial charge in [0.25, 0.3) is 0 Å². The molecule has 0 aliphatic carbocycles. The number of rotatable bonds is 3. The second kappa shape index (κ2) is 3.98. The summed E-state index contributed by atoms with van der Waals surface area (Å²) in [5.41, 5.74) is 2.13. The van der Waals surface area contributed by atoms with Crippen LogP contribution in [0.15, 0.2) is 24.5 Å². The van der Waals surface area contributed by atoms with Crippen LogP contribution in [-0.4, -0.2) is 38.0 Å². The minimum atomic E-state index is -1.16. The number of benzene rings is 1. The first-order valence-electron chi connectivity index (χ1n) is 4.62. The summed E-state index contributed by atoms with van der Waals surface area (Å²) in [7, 11) is 0. The highest BCUT2D eigenvalue weighted by Crippen LogP contribution is 2.20. The largest absolute Gasteiger partial charge is 0.394 e. The van der Waals surface area contributed by atoms with Crippen LogP contribution in [0.2, 0.25) is 0 Å². The van der Waals surface area contributed by atoms with Crippen molar-refractivity contribution in [2.75, 3.05) is 6.61 Å². The standard InChI is InChI=1S/C10H12N2O3/c13-4-9(14)10(15)6-1-2-7-8(3-6)12-5-11-7/h1-3,5,9-10,13-15H,4H2,(H,11,12). The number of nitrogens with zero attached hydrogens (tertiary/aromatic N) is 1. The monoisotopic (exact) mass is 208 g/mol. The molecule has 1 aromatic carbocycles. The lowest BCUT2D eigenvalue weighted by atomic mass is 10.0. The number of nitrogens with one attached hydrogen (secondary N) is 1. The number of aromatic nitrogens is 2. The smallest absolute Gasteiger partial charge is 0.107 e. The maximum atomic E-state index is 9.64. The van der Waals surface area contributed by atoms with Gasteiger partial charge in [-0.15, -0.1) is 0 Å². The van der Waals surface area contributed by atoms with Crippen molar-refractivity contribution >= 4 is 11.0 Å². The fourth-order valence-corrected chi connectivity index (χ4v) is 1.46. The third kappa shape index (κ3) is 1.85. The van der Waals surface area contributed by atoms with Crippen molar-refractivity contribution in [2.24, 2.45) is 0 Å². The van der Waals surface area contributed by atoms with Crippen molar-refractivity contribution in [3.8, 4) is 0 Å². The lowest BCUT2D eigenvalue weighted by Crippen LogP contribution is -2.21. The molecule has 0 spiro atoms. The first-order chi connectivity index (χ1) is 7.22. The summed E-state index contributed by atoms with van der Waals surface area (Å²) in [6, 6.07) is 5.12. The van der Waals surface area contributed by atoms with E-state index in [0.29, 0.717) is 5.56 Å². The van der Waals surface area contributed by atoms with Crippen LogP contribution in [0.25, 0.3) is 11.0 Å². The molecule has 4 N–H and O–H groups in total. The highest BCUT2D eigenvalue weighted by atomic mass is 16.4. The molecule has 2 atom stereocenters. The molecule has 0 amide bonds. The Morgan fingerprint density at radius 1 is 1.33 bits per heavy atom. The van der Waals surface area contributed by atoms with Gasteiger partial charge in [-0.3, -0.25) is 0 Å². The normalized spacial score (nSPS) is 15.4. The molecular formula is C10H12N2O3. The van der Waals surface area contributed by atoms with Crippen LogP contribution in [0.1, 0.15) is 11.7 Å². The van der Waals surface area contributed by atoms with E-state index in [4.69, 9.17) is 5.11 Å². The average molecular weight is 208 g/mol. The number of aromatic amines is 1. The van der Waals surface area contributed by atoms with Gasteiger partial charge in [-0.05, 0) is 17.7 Å². The molecule has 2 rings (SSSR count). The van der Waals surface area contributed by atoms with E-state index in [2.05, 4.69) is 9.97 Å². The van der Waals surface area contributed by atoms with Crippen molar-refractivity contribution in [2.45, 2.75) is 12.2 Å². The van der Waals surface area contributed by atoms with Gasteiger partial charge < -0.3 is 20.3 Å². The second-order valence-electron chi connectivity index (χ2n) is 3.37. The molecule has 80 valence electrons. The number of aliphatic hydroxyl groups is 3. The van der Waals surface area contributed by atoms with E-state index >= 15 is 0 Å². The van der Waals surface area contributed by atoms with Crippen LogP contribution in [0.3, 0.4) is 0 Å². The topological polar surface area (TPSA) is 89.4 Å². The molecule has 2 unspecified atom stereocenters. The predicted molar refractivity (Wildman–Crippen MR) is 54.1 cm³/mol. The summed E-state index contributed by atoms with van der Waals surface area (Å²) >= 11 is 0. The number of hydrogen-bond donors (Lipinski definition) is 4. The molecule has 0 radical (unpaired) electrons. The molecule has 5 nitrogen and oxygen atoms in total. The van der Waals surface area contributed by atoms with Crippen molar-refractivity contribution in [3.05, 3.63) is 30.1 Å². The van der Waals surface area contributed by atoms with Crippen LogP contribution < -0.4 is 0 Å². The van der Waals surface area contributed by atoms with E-state index in [-0.39, 0.29) is 0 Å². The van der Waals surface area contributed by atoms with Crippen LogP contribution >= 0.6 is 0 Å². The van der Waals surface area contributed by atoms with Crippen molar-refractivity contribution in [3.63, 3.8) is 0 Å². The van der Waals surface area contributed by atoms with Crippen LogP contribution in [0, 0.1) is 0 Å². The maximum Gasteiger partial charge on any atom is 0.107 e. The minimum absolute atomic E-state index is 0.470. The van der Waals surface area contributed by atoms with Gasteiger partial charge in [-0.2, -0.15) is 0 Å². The summed E-state index contributed by atoms with van der Waals surface area (Å²) in [4.78, 5) is 6.94. The van der Waals surface area contributed by atoms with E-state index in [1.54, 1.807) is 24.5 Å². The van der Waals surface area contributed by atoms with Gasteiger partial charge in [-0.1, -0.05) is 6.07 Å². The number of imidazole rings is 1. The molecule has 0 aliphatic rings. The third-order valence-corrected chi connectivity index (χ3v) is 2.34. The Balaban J connectivity index is 2.35. The van der Waals surface area contributed by atoms with Gasteiger partial charge in [-0.25, -0.2) is 4.98 Å². The summed E-state index contributed by atoms with van der Waals surface area (Å²) in [5, 5.41) is 27.6. The number of H-pyrrole nitrogens is 1. The Hall–Kier alpha value is -1.43. The van der Waals surface area contributed by atoms with Gasteiger partial charge in [0.2, 0.25) is 0 Å². The average Bonchev–Trinajstić information content (AvgIpc) is 2.73. The van der Waals surface area contributed by atoms with Gasteiger partial charge in [0.1, 0.15) is 12.2 Å². The highest BCUT2D eigenvalue weighted by molar-refractivity contribution is 5.75. The highest BCUT2D eigenvalue weighted by Gasteiger charge is 2.17. The Bertz CT molecular complexity index is 455. The predicted octanol–water partition coefficient (Wildman–Crippen LogP) is -0.0505. The molecule has 1 heterocycles. The van der Waals surface area contributed by atoms with Crippen LogP contribution in [-0.2, 0) is 0 Å². The first-order valence-corrected chi connectivity index (χ1v) is 4.62. The Morgan fingerprint density at radius 2 is 2.13 bits per heavy atom. The lowest BCUT2D eigenvalue weighted by molar-refractivity contribution is -0.0152. The zero-order valence-electron chi connectivity index (χ0n) is 7.96. The van der Waals surface area contributed by atoms with Crippen molar-refractivity contribution < 1.29 is 15.3 Å². The second-order valence-corrected chi connectivity index (χ2v) is 3.37. The SMILES string of the molecule is OCC(O)C(O)c1ccc2nc[nH]c2c1. The Morgan fingerprint density at radius 3 is 2.87 bits per heavy atom. The quantitative estimate of drug-likeness (QED) is 0.569. The van der Waals surface area contributed by atoms with E-state index in [1.807, 2.05) is 0 Å². The van der Waals surface area contributed by atoms with Gasteiger partial charge in [0.05, 0.1) is 24.0 Å². The summed E-state index contributed by atoms with van der Waals surface area (Å²) in [5.74, 6) is 0. The van der Waals surface area contributed by atoms with Crippen molar-refractivity contribution in [1.29, 1.82) is 0 Å².